The van der Waals surface area contributed by atoms with E-state index in [1.54, 1.807) is 47.3 Å². The molecule has 5 nitrogen and oxygen atoms in total. The monoisotopic (exact) mass is 492 g/mol. The highest BCUT2D eigenvalue weighted by atomic mass is 35.5. The second-order valence-corrected chi connectivity index (χ2v) is 8.67. The molecule has 0 aliphatic carbocycles. The van der Waals surface area contributed by atoms with E-state index < -0.39 is 5.82 Å². The summed E-state index contributed by atoms with van der Waals surface area (Å²) in [5.41, 5.74) is 3.29. The molecule has 0 atom stereocenters. The number of halogens is 2. The van der Waals surface area contributed by atoms with Gasteiger partial charge in [0.25, 0.3) is 5.56 Å². The quantitative estimate of drug-likeness (QED) is 0.275. The Morgan fingerprint density at radius 2 is 1.44 bits per heavy atom. The van der Waals surface area contributed by atoms with Crippen LogP contribution in [0.5, 0.6) is 0 Å². The molecule has 0 amide bonds. The van der Waals surface area contributed by atoms with Crippen molar-refractivity contribution in [1.82, 2.24) is 19.1 Å². The van der Waals surface area contributed by atoms with Gasteiger partial charge in [-0.25, -0.2) is 14.4 Å². The Hall–Kier alpha value is -4.55. The van der Waals surface area contributed by atoms with Gasteiger partial charge in [0.1, 0.15) is 18.0 Å². The highest BCUT2D eigenvalue weighted by Crippen LogP contribution is 2.29. The molecule has 2 heterocycles. The summed E-state index contributed by atoms with van der Waals surface area (Å²) in [5, 5.41) is 0.536. The Bertz CT molecular complexity index is 1760. The minimum atomic E-state index is -0.410. The van der Waals surface area contributed by atoms with E-state index in [0.717, 1.165) is 11.3 Å². The number of fused-ring (bicyclic) bond motifs is 1. The Morgan fingerprint density at radius 1 is 0.750 bits per heavy atom. The summed E-state index contributed by atoms with van der Waals surface area (Å²) in [4.78, 5) is 23.0. The molecule has 6 aromatic rings. The summed E-state index contributed by atoms with van der Waals surface area (Å²) in [7, 11) is 0. The molecule has 0 fully saturated rings. The van der Waals surface area contributed by atoms with Crippen LogP contribution in [0.25, 0.3) is 45.1 Å². The van der Waals surface area contributed by atoms with Crippen LogP contribution in [0.15, 0.2) is 114 Å². The number of benzene rings is 4. The summed E-state index contributed by atoms with van der Waals surface area (Å²) < 4.78 is 18.6. The number of para-hydroxylation sites is 1. The lowest BCUT2D eigenvalue weighted by Crippen LogP contribution is -2.22. The number of hydrogen-bond donors (Lipinski definition) is 0. The molecule has 2 aromatic heterocycles. The van der Waals surface area contributed by atoms with Gasteiger partial charge in [0.15, 0.2) is 11.2 Å². The van der Waals surface area contributed by atoms with Crippen molar-refractivity contribution in [3.05, 3.63) is 131 Å². The molecule has 174 valence electrons. The van der Waals surface area contributed by atoms with Crippen LogP contribution in [-0.4, -0.2) is 19.1 Å². The Balaban J connectivity index is 1.62. The largest absolute Gasteiger partial charge is 0.286 e. The average Bonchev–Trinajstić information content (AvgIpc) is 3.35. The van der Waals surface area contributed by atoms with Crippen LogP contribution < -0.4 is 5.56 Å². The zero-order valence-corrected chi connectivity index (χ0v) is 19.6. The van der Waals surface area contributed by atoms with Crippen LogP contribution in [0.2, 0.25) is 5.02 Å². The molecular formula is C29H18ClFN4O. The van der Waals surface area contributed by atoms with E-state index in [1.165, 1.54) is 10.6 Å². The topological polar surface area (TPSA) is 52.7 Å². The first-order valence-corrected chi connectivity index (χ1v) is 11.6. The predicted molar refractivity (Wildman–Crippen MR) is 140 cm³/mol. The normalized spacial score (nSPS) is 11.2. The maximum Gasteiger partial charge on any atom is 0.286 e. The van der Waals surface area contributed by atoms with E-state index in [-0.39, 0.29) is 11.1 Å². The summed E-state index contributed by atoms with van der Waals surface area (Å²) in [5.74, 6) is -0.113. The molecule has 6 rings (SSSR count). The summed E-state index contributed by atoms with van der Waals surface area (Å²) in [6.45, 7) is 0. The minimum absolute atomic E-state index is 0.207. The van der Waals surface area contributed by atoms with Gasteiger partial charge in [-0.2, -0.15) is 0 Å². The van der Waals surface area contributed by atoms with Gasteiger partial charge >= 0.3 is 0 Å². The van der Waals surface area contributed by atoms with Crippen LogP contribution >= 0.6 is 11.6 Å². The van der Waals surface area contributed by atoms with Gasteiger partial charge < -0.3 is 0 Å². The van der Waals surface area contributed by atoms with Crippen LogP contribution in [0.4, 0.5) is 4.39 Å². The third-order valence-corrected chi connectivity index (χ3v) is 6.25. The Labute approximate surface area is 210 Å². The average molecular weight is 493 g/mol. The lowest BCUT2D eigenvalue weighted by Gasteiger charge is -2.14. The summed E-state index contributed by atoms with van der Waals surface area (Å²) in [6.07, 6.45) is 1.57. The first kappa shape index (κ1) is 21.9. The zero-order valence-electron chi connectivity index (χ0n) is 18.8. The van der Waals surface area contributed by atoms with Crippen LogP contribution in [-0.2, 0) is 0 Å². The van der Waals surface area contributed by atoms with Crippen LogP contribution in [0, 0.1) is 5.82 Å². The van der Waals surface area contributed by atoms with E-state index >= 15 is 4.39 Å². The molecule has 0 radical (unpaired) electrons. The van der Waals surface area contributed by atoms with Gasteiger partial charge in [-0.15, -0.1) is 0 Å². The second-order valence-electron chi connectivity index (χ2n) is 8.24. The van der Waals surface area contributed by atoms with Crippen molar-refractivity contribution in [2.45, 2.75) is 0 Å². The molecule has 0 unspecified atom stereocenters. The molecule has 0 N–H and O–H groups in total. The van der Waals surface area contributed by atoms with Crippen molar-refractivity contribution in [3.8, 4) is 33.9 Å². The van der Waals surface area contributed by atoms with E-state index in [1.807, 2.05) is 60.7 Å². The number of imidazole rings is 1. The molecule has 4 aromatic carbocycles. The van der Waals surface area contributed by atoms with Crippen molar-refractivity contribution in [2.75, 3.05) is 0 Å². The standard InChI is InChI=1S/C29H18ClFN4O/c30-21-12-14-23(15-13-21)35-27(20-11-16-24(25(31)17-20)19-7-3-1-4-8-19)33-28-26(29(35)36)32-18-34(28)22-9-5-2-6-10-22/h1-18H. The van der Waals surface area contributed by atoms with Gasteiger partial charge in [0, 0.05) is 21.8 Å². The molecule has 7 heteroatoms. The van der Waals surface area contributed by atoms with E-state index in [9.17, 15) is 4.79 Å². The van der Waals surface area contributed by atoms with Crippen LogP contribution in [0.3, 0.4) is 0 Å². The summed E-state index contributed by atoms with van der Waals surface area (Å²) >= 11 is 6.09. The van der Waals surface area contributed by atoms with Crippen molar-refractivity contribution in [3.63, 3.8) is 0 Å². The third-order valence-electron chi connectivity index (χ3n) is 6.00. The Morgan fingerprint density at radius 3 is 2.14 bits per heavy atom. The molecule has 0 aliphatic rings. The summed E-state index contributed by atoms with van der Waals surface area (Å²) in [6, 6.07) is 30.5. The fraction of sp³-hybridized carbons (Fsp3) is 0. The maximum absolute atomic E-state index is 15.4. The SMILES string of the molecule is O=c1c2ncn(-c3ccccc3)c2nc(-c2ccc(-c3ccccc3)c(F)c2)n1-c1ccc(Cl)cc1. The van der Waals surface area contributed by atoms with E-state index in [0.29, 0.717) is 33.3 Å². The van der Waals surface area contributed by atoms with Gasteiger partial charge in [0.05, 0.1) is 5.69 Å². The molecule has 0 spiro atoms. The second kappa shape index (κ2) is 8.91. The van der Waals surface area contributed by atoms with Gasteiger partial charge in [-0.1, -0.05) is 72.3 Å². The molecule has 0 bridgehead atoms. The van der Waals surface area contributed by atoms with Crippen molar-refractivity contribution >= 4 is 22.8 Å². The number of nitrogens with zero attached hydrogens (tertiary/aromatic N) is 4. The number of rotatable bonds is 4. The molecule has 0 aliphatic heterocycles. The lowest BCUT2D eigenvalue weighted by molar-refractivity contribution is 0.631. The zero-order chi connectivity index (χ0) is 24.6. The molecular weight excluding hydrogens is 475 g/mol. The minimum Gasteiger partial charge on any atom is -0.283 e. The molecule has 0 saturated carbocycles. The molecule has 0 saturated heterocycles. The fourth-order valence-corrected chi connectivity index (χ4v) is 4.38. The molecule has 36 heavy (non-hydrogen) atoms. The number of hydrogen-bond acceptors (Lipinski definition) is 3. The van der Waals surface area contributed by atoms with Gasteiger partial charge in [0.2, 0.25) is 0 Å². The fourth-order valence-electron chi connectivity index (χ4n) is 4.26. The van der Waals surface area contributed by atoms with Crippen LogP contribution in [0.1, 0.15) is 0 Å². The van der Waals surface area contributed by atoms with E-state index in [2.05, 4.69) is 4.98 Å². The smallest absolute Gasteiger partial charge is 0.283 e. The number of aromatic nitrogens is 4. The highest BCUT2D eigenvalue weighted by Gasteiger charge is 2.20. The highest BCUT2D eigenvalue weighted by molar-refractivity contribution is 6.30. The maximum atomic E-state index is 15.4. The lowest BCUT2D eigenvalue weighted by atomic mass is 10.0. The van der Waals surface area contributed by atoms with E-state index in [4.69, 9.17) is 16.6 Å². The first-order chi connectivity index (χ1) is 17.6. The van der Waals surface area contributed by atoms with Gasteiger partial charge in [-0.3, -0.25) is 13.9 Å². The Kier molecular flexibility index (Phi) is 5.43. The van der Waals surface area contributed by atoms with Crippen molar-refractivity contribution < 1.29 is 4.39 Å². The third kappa shape index (κ3) is 3.78. The van der Waals surface area contributed by atoms with Gasteiger partial charge in [-0.05, 0) is 48.0 Å². The predicted octanol–water partition coefficient (Wildman–Crippen LogP) is 6.70. The van der Waals surface area contributed by atoms with Crippen molar-refractivity contribution in [1.29, 1.82) is 0 Å². The van der Waals surface area contributed by atoms with Crippen molar-refractivity contribution in [2.24, 2.45) is 0 Å². The first-order valence-electron chi connectivity index (χ1n) is 11.3.